The van der Waals surface area contributed by atoms with Crippen molar-refractivity contribution in [1.82, 2.24) is 4.98 Å². The van der Waals surface area contributed by atoms with Crippen molar-refractivity contribution < 1.29 is 27.0 Å². The van der Waals surface area contributed by atoms with Gasteiger partial charge in [-0.05, 0) is 37.6 Å². The van der Waals surface area contributed by atoms with Crippen molar-refractivity contribution in [2.75, 3.05) is 13.2 Å². The molecule has 1 aromatic heterocycles. The SMILES string of the molecule is CCOP(Cc1cccc(Oc2ccc(C(F)(F)F)cn2)c1)OCC. The Hall–Kier alpha value is -1.69. The Morgan fingerprint density at radius 3 is 2.32 bits per heavy atom. The molecule has 0 bridgehead atoms. The Bertz CT molecular complexity index is 659. The van der Waals surface area contributed by atoms with E-state index in [0.717, 1.165) is 17.8 Å². The third-order valence-electron chi connectivity index (χ3n) is 3.04. The van der Waals surface area contributed by atoms with Gasteiger partial charge < -0.3 is 13.8 Å². The molecule has 0 saturated carbocycles. The molecule has 0 aliphatic heterocycles. The van der Waals surface area contributed by atoms with E-state index in [-0.39, 0.29) is 5.88 Å². The number of rotatable bonds is 8. The van der Waals surface area contributed by atoms with E-state index in [2.05, 4.69) is 4.98 Å². The highest BCUT2D eigenvalue weighted by Gasteiger charge is 2.30. The van der Waals surface area contributed by atoms with Gasteiger partial charge in [0.05, 0.1) is 18.8 Å². The van der Waals surface area contributed by atoms with E-state index in [4.69, 9.17) is 13.8 Å². The second-order valence-electron chi connectivity index (χ2n) is 4.96. The zero-order chi connectivity index (χ0) is 18.3. The lowest BCUT2D eigenvalue weighted by Gasteiger charge is -2.16. The Morgan fingerprint density at radius 1 is 1.04 bits per heavy atom. The van der Waals surface area contributed by atoms with Crippen LogP contribution in [0.2, 0.25) is 0 Å². The first-order valence-electron chi connectivity index (χ1n) is 7.75. The number of aromatic nitrogens is 1. The molecular weight excluding hydrogens is 354 g/mol. The molecule has 0 N–H and O–H groups in total. The number of benzene rings is 1. The molecule has 0 amide bonds. The van der Waals surface area contributed by atoms with Crippen molar-refractivity contribution >= 4 is 8.38 Å². The van der Waals surface area contributed by atoms with E-state index in [1.165, 1.54) is 6.07 Å². The van der Waals surface area contributed by atoms with Crippen LogP contribution in [0, 0.1) is 0 Å². The van der Waals surface area contributed by atoms with Crippen LogP contribution in [-0.2, 0) is 21.4 Å². The van der Waals surface area contributed by atoms with Gasteiger partial charge >= 0.3 is 6.18 Å². The minimum absolute atomic E-state index is 0.0991. The Morgan fingerprint density at radius 2 is 1.76 bits per heavy atom. The van der Waals surface area contributed by atoms with Crippen LogP contribution in [0.3, 0.4) is 0 Å². The molecule has 0 aliphatic carbocycles. The Kier molecular flexibility index (Phi) is 7.17. The zero-order valence-corrected chi connectivity index (χ0v) is 14.8. The van der Waals surface area contributed by atoms with Gasteiger partial charge in [0.25, 0.3) is 0 Å². The van der Waals surface area contributed by atoms with Crippen LogP contribution in [0.25, 0.3) is 0 Å². The van der Waals surface area contributed by atoms with Crippen LogP contribution in [0.5, 0.6) is 11.6 Å². The molecule has 25 heavy (non-hydrogen) atoms. The molecule has 0 aliphatic rings. The van der Waals surface area contributed by atoms with Crippen LogP contribution in [0.1, 0.15) is 25.0 Å². The number of hydrogen-bond donors (Lipinski definition) is 0. The molecule has 0 radical (unpaired) electrons. The summed E-state index contributed by atoms with van der Waals surface area (Å²) in [4.78, 5) is 3.70. The third kappa shape index (κ3) is 6.27. The number of halogens is 3. The highest BCUT2D eigenvalue weighted by molar-refractivity contribution is 7.46. The fourth-order valence-electron chi connectivity index (χ4n) is 2.00. The number of ether oxygens (including phenoxy) is 1. The van der Waals surface area contributed by atoms with Crippen LogP contribution in [0.4, 0.5) is 13.2 Å². The largest absolute Gasteiger partial charge is 0.439 e. The summed E-state index contributed by atoms with van der Waals surface area (Å²) in [5, 5.41) is 0. The number of pyridine rings is 1. The quantitative estimate of drug-likeness (QED) is 0.550. The summed E-state index contributed by atoms with van der Waals surface area (Å²) in [5.41, 5.74) is 0.144. The van der Waals surface area contributed by atoms with E-state index in [0.29, 0.717) is 25.1 Å². The molecule has 8 heteroatoms. The summed E-state index contributed by atoms with van der Waals surface area (Å²) in [7, 11) is -1.02. The van der Waals surface area contributed by atoms with Gasteiger partial charge in [-0.3, -0.25) is 0 Å². The van der Waals surface area contributed by atoms with Crippen LogP contribution < -0.4 is 4.74 Å². The van der Waals surface area contributed by atoms with Gasteiger partial charge in [0.2, 0.25) is 5.88 Å². The van der Waals surface area contributed by atoms with E-state index >= 15 is 0 Å². The van der Waals surface area contributed by atoms with Gasteiger partial charge in [-0.25, -0.2) is 4.98 Å². The van der Waals surface area contributed by atoms with Crippen molar-refractivity contribution in [3.8, 4) is 11.6 Å². The lowest BCUT2D eigenvalue weighted by Crippen LogP contribution is -2.05. The Balaban J connectivity index is 2.05. The van der Waals surface area contributed by atoms with E-state index in [9.17, 15) is 13.2 Å². The summed E-state index contributed by atoms with van der Waals surface area (Å²) < 4.78 is 54.3. The fraction of sp³-hybridized carbons (Fsp3) is 0.353. The standard InChI is InChI=1S/C17H19F3NO3P/c1-3-22-25(23-4-2)12-13-6-5-7-15(10-13)24-16-9-8-14(11-21-16)17(18,19)20/h5-11H,3-4,12H2,1-2H3. The third-order valence-corrected chi connectivity index (χ3v) is 4.76. The van der Waals surface area contributed by atoms with Crippen molar-refractivity contribution in [2.45, 2.75) is 26.2 Å². The maximum absolute atomic E-state index is 12.5. The van der Waals surface area contributed by atoms with Crippen molar-refractivity contribution in [3.05, 3.63) is 53.7 Å². The van der Waals surface area contributed by atoms with Gasteiger partial charge in [0, 0.05) is 18.4 Å². The van der Waals surface area contributed by atoms with Crippen molar-refractivity contribution in [2.24, 2.45) is 0 Å². The molecule has 136 valence electrons. The molecule has 0 fully saturated rings. The zero-order valence-electron chi connectivity index (χ0n) is 13.9. The molecule has 2 aromatic rings. The molecule has 1 aromatic carbocycles. The lowest BCUT2D eigenvalue weighted by atomic mass is 10.2. The number of nitrogens with zero attached hydrogens (tertiary/aromatic N) is 1. The summed E-state index contributed by atoms with van der Waals surface area (Å²) >= 11 is 0. The van der Waals surface area contributed by atoms with Crippen molar-refractivity contribution in [1.29, 1.82) is 0 Å². The highest BCUT2D eigenvalue weighted by Crippen LogP contribution is 2.42. The molecule has 0 saturated heterocycles. The van der Waals surface area contributed by atoms with Crippen molar-refractivity contribution in [3.63, 3.8) is 0 Å². The molecule has 0 atom stereocenters. The van der Waals surface area contributed by atoms with Gasteiger partial charge in [0.15, 0.2) is 8.38 Å². The first-order chi connectivity index (χ1) is 11.9. The maximum Gasteiger partial charge on any atom is 0.417 e. The van der Waals surface area contributed by atoms with Crippen LogP contribution >= 0.6 is 8.38 Å². The minimum Gasteiger partial charge on any atom is -0.439 e. The highest BCUT2D eigenvalue weighted by atomic mass is 31.2. The predicted molar refractivity (Wildman–Crippen MR) is 89.6 cm³/mol. The molecule has 0 unspecified atom stereocenters. The average molecular weight is 373 g/mol. The average Bonchev–Trinajstić information content (AvgIpc) is 2.55. The molecular formula is C17H19F3NO3P. The Labute approximate surface area is 145 Å². The van der Waals surface area contributed by atoms with E-state index < -0.39 is 20.1 Å². The lowest BCUT2D eigenvalue weighted by molar-refractivity contribution is -0.137. The van der Waals surface area contributed by atoms with Gasteiger partial charge in [-0.15, -0.1) is 0 Å². The summed E-state index contributed by atoms with van der Waals surface area (Å²) in [5.74, 6) is 0.592. The molecule has 0 spiro atoms. The topological polar surface area (TPSA) is 40.6 Å². The maximum atomic E-state index is 12.5. The minimum atomic E-state index is -4.42. The number of alkyl halides is 3. The smallest absolute Gasteiger partial charge is 0.417 e. The van der Waals surface area contributed by atoms with Gasteiger partial charge in [-0.2, -0.15) is 13.2 Å². The molecule has 4 nitrogen and oxygen atoms in total. The van der Waals surface area contributed by atoms with Gasteiger partial charge in [-0.1, -0.05) is 12.1 Å². The first-order valence-corrected chi connectivity index (χ1v) is 9.12. The van der Waals surface area contributed by atoms with Crippen LogP contribution in [0.15, 0.2) is 42.6 Å². The van der Waals surface area contributed by atoms with Crippen LogP contribution in [-0.4, -0.2) is 18.2 Å². The normalized spacial score (nSPS) is 11.8. The predicted octanol–water partition coefficient (Wildman–Crippen LogP) is 5.78. The van der Waals surface area contributed by atoms with E-state index in [1.807, 2.05) is 19.9 Å². The second kappa shape index (κ2) is 9.13. The van der Waals surface area contributed by atoms with E-state index in [1.54, 1.807) is 18.2 Å². The monoisotopic (exact) mass is 373 g/mol. The fourth-order valence-corrected chi connectivity index (χ4v) is 3.33. The molecule has 1 heterocycles. The van der Waals surface area contributed by atoms with Gasteiger partial charge in [0.1, 0.15) is 5.75 Å². The first kappa shape index (κ1) is 19.6. The summed E-state index contributed by atoms with van der Waals surface area (Å²) in [6.07, 6.45) is -3.06. The number of hydrogen-bond acceptors (Lipinski definition) is 4. The summed E-state index contributed by atoms with van der Waals surface area (Å²) in [6, 6.07) is 9.37. The summed E-state index contributed by atoms with van der Waals surface area (Å²) in [6.45, 7) is 4.95. The molecule has 2 rings (SSSR count). The second-order valence-corrected chi connectivity index (χ2v) is 6.46.